The number of para-hydroxylation sites is 1. The van der Waals surface area contributed by atoms with Gasteiger partial charge < -0.3 is 10.1 Å². The van der Waals surface area contributed by atoms with Crippen LogP contribution in [0.5, 0.6) is 0 Å². The van der Waals surface area contributed by atoms with Crippen LogP contribution in [0.4, 0.5) is 5.69 Å². The Kier molecular flexibility index (Phi) is 4.99. The first-order chi connectivity index (χ1) is 9.20. The zero-order chi connectivity index (χ0) is 13.7. The lowest BCUT2D eigenvalue weighted by Crippen LogP contribution is -2.09. The van der Waals surface area contributed by atoms with Crippen molar-refractivity contribution in [2.24, 2.45) is 0 Å². The number of ether oxygens (including phenoxy) is 1. The molecule has 1 N–H and O–H groups in total. The number of carbonyl (C=O) groups excluding carboxylic acids is 1. The number of benzene rings is 1. The zero-order valence-corrected chi connectivity index (χ0v) is 12.9. The average molecular weight is 340 g/mol. The third kappa shape index (κ3) is 3.81. The predicted molar refractivity (Wildman–Crippen MR) is 81.7 cm³/mol. The van der Waals surface area contributed by atoms with E-state index in [1.54, 1.807) is 24.3 Å². The summed E-state index contributed by atoms with van der Waals surface area (Å²) in [6, 6.07) is 9.44. The van der Waals surface area contributed by atoms with Gasteiger partial charge in [-0.2, -0.15) is 0 Å². The number of esters is 1. The van der Waals surface area contributed by atoms with Crippen LogP contribution in [-0.2, 0) is 11.3 Å². The summed E-state index contributed by atoms with van der Waals surface area (Å²) in [4.78, 5) is 13.0. The van der Waals surface area contributed by atoms with Gasteiger partial charge in [-0.25, -0.2) is 4.79 Å². The van der Waals surface area contributed by atoms with Crippen molar-refractivity contribution in [2.75, 3.05) is 11.9 Å². The average Bonchev–Trinajstić information content (AvgIpc) is 2.83. The maximum Gasteiger partial charge on any atom is 0.340 e. The van der Waals surface area contributed by atoms with Gasteiger partial charge in [-0.3, -0.25) is 0 Å². The van der Waals surface area contributed by atoms with E-state index in [1.807, 2.05) is 23.6 Å². The molecule has 1 aromatic heterocycles. The van der Waals surface area contributed by atoms with Crippen LogP contribution in [0.3, 0.4) is 0 Å². The number of anilines is 1. The third-order valence-corrected chi connectivity index (χ3v) is 4.19. The fourth-order valence-corrected chi connectivity index (χ4v) is 3.04. The molecular formula is C14H14BrNO2S. The van der Waals surface area contributed by atoms with Gasteiger partial charge in [-0.1, -0.05) is 12.1 Å². The van der Waals surface area contributed by atoms with E-state index in [0.717, 1.165) is 10.2 Å². The fraction of sp³-hybridized carbons (Fsp3) is 0.214. The molecule has 0 saturated heterocycles. The third-order valence-electron chi connectivity index (χ3n) is 2.50. The second-order valence-electron chi connectivity index (χ2n) is 3.85. The SMILES string of the molecule is CCOC(=O)c1ccccc1NCc1cc(Br)cs1. The van der Waals surface area contributed by atoms with E-state index in [-0.39, 0.29) is 5.97 Å². The molecule has 0 saturated carbocycles. The van der Waals surface area contributed by atoms with Gasteiger partial charge in [0.1, 0.15) is 0 Å². The quantitative estimate of drug-likeness (QED) is 0.825. The summed E-state index contributed by atoms with van der Waals surface area (Å²) in [7, 11) is 0. The topological polar surface area (TPSA) is 38.3 Å². The van der Waals surface area contributed by atoms with Crippen LogP contribution in [0.1, 0.15) is 22.2 Å². The second-order valence-corrected chi connectivity index (χ2v) is 5.76. The Labute approximate surface area is 124 Å². The Morgan fingerprint density at radius 1 is 1.42 bits per heavy atom. The molecule has 1 aromatic carbocycles. The number of carbonyl (C=O) groups is 1. The van der Waals surface area contributed by atoms with Crippen molar-refractivity contribution < 1.29 is 9.53 Å². The van der Waals surface area contributed by atoms with Crippen LogP contribution in [-0.4, -0.2) is 12.6 Å². The van der Waals surface area contributed by atoms with Gasteiger partial charge in [-0.05, 0) is 41.1 Å². The largest absolute Gasteiger partial charge is 0.462 e. The molecule has 0 aliphatic carbocycles. The van der Waals surface area contributed by atoms with Gasteiger partial charge in [0, 0.05) is 27.0 Å². The van der Waals surface area contributed by atoms with E-state index in [1.165, 1.54) is 4.88 Å². The Bertz CT molecular complexity index is 568. The molecule has 0 aliphatic rings. The monoisotopic (exact) mass is 339 g/mol. The van der Waals surface area contributed by atoms with Crippen LogP contribution in [0.25, 0.3) is 0 Å². The van der Waals surface area contributed by atoms with Crippen LogP contribution >= 0.6 is 27.3 Å². The van der Waals surface area contributed by atoms with Crippen molar-refractivity contribution in [1.82, 2.24) is 0 Å². The molecule has 0 bridgehead atoms. The van der Waals surface area contributed by atoms with E-state index >= 15 is 0 Å². The molecule has 2 rings (SSSR count). The summed E-state index contributed by atoms with van der Waals surface area (Å²) in [6.07, 6.45) is 0. The first-order valence-corrected chi connectivity index (χ1v) is 7.61. The summed E-state index contributed by atoms with van der Waals surface area (Å²) >= 11 is 5.09. The molecule has 2 aromatic rings. The first-order valence-electron chi connectivity index (χ1n) is 5.93. The predicted octanol–water partition coefficient (Wildman–Crippen LogP) is 4.30. The molecule has 100 valence electrons. The smallest absolute Gasteiger partial charge is 0.340 e. The molecule has 0 aliphatic heterocycles. The van der Waals surface area contributed by atoms with Gasteiger partial charge in [0.15, 0.2) is 0 Å². The highest BCUT2D eigenvalue weighted by atomic mass is 79.9. The summed E-state index contributed by atoms with van der Waals surface area (Å²) in [5.74, 6) is -0.294. The minimum atomic E-state index is -0.294. The van der Waals surface area contributed by atoms with E-state index in [9.17, 15) is 4.79 Å². The maximum atomic E-state index is 11.8. The molecule has 19 heavy (non-hydrogen) atoms. The molecule has 5 heteroatoms. The van der Waals surface area contributed by atoms with Crippen LogP contribution in [0, 0.1) is 0 Å². The highest BCUT2D eigenvalue weighted by Crippen LogP contribution is 2.22. The Morgan fingerprint density at radius 3 is 2.89 bits per heavy atom. The van der Waals surface area contributed by atoms with Gasteiger partial charge in [-0.15, -0.1) is 11.3 Å². The summed E-state index contributed by atoms with van der Waals surface area (Å²) in [6.45, 7) is 2.87. The zero-order valence-electron chi connectivity index (χ0n) is 10.5. The number of nitrogens with one attached hydrogen (secondary N) is 1. The Morgan fingerprint density at radius 2 is 2.21 bits per heavy atom. The van der Waals surface area contributed by atoms with Gasteiger partial charge in [0.05, 0.1) is 12.2 Å². The highest BCUT2D eigenvalue weighted by molar-refractivity contribution is 9.10. The van der Waals surface area contributed by atoms with E-state index in [2.05, 4.69) is 27.3 Å². The normalized spacial score (nSPS) is 10.2. The Balaban J connectivity index is 2.09. The van der Waals surface area contributed by atoms with Crippen molar-refractivity contribution in [3.63, 3.8) is 0 Å². The van der Waals surface area contributed by atoms with Gasteiger partial charge >= 0.3 is 5.97 Å². The molecular weight excluding hydrogens is 326 g/mol. The second kappa shape index (κ2) is 6.73. The van der Waals surface area contributed by atoms with Crippen LogP contribution in [0.2, 0.25) is 0 Å². The molecule has 0 unspecified atom stereocenters. The lowest BCUT2D eigenvalue weighted by atomic mass is 10.2. The molecule has 0 spiro atoms. The molecule has 1 heterocycles. The molecule has 0 fully saturated rings. The van der Waals surface area contributed by atoms with Crippen LogP contribution in [0.15, 0.2) is 40.2 Å². The number of thiophene rings is 1. The number of halogens is 1. The first kappa shape index (κ1) is 14.1. The van der Waals surface area contributed by atoms with Gasteiger partial charge in [0.2, 0.25) is 0 Å². The van der Waals surface area contributed by atoms with Crippen molar-refractivity contribution in [2.45, 2.75) is 13.5 Å². The highest BCUT2D eigenvalue weighted by Gasteiger charge is 2.11. The molecule has 3 nitrogen and oxygen atoms in total. The molecule has 0 atom stereocenters. The van der Waals surface area contributed by atoms with E-state index in [4.69, 9.17) is 4.74 Å². The summed E-state index contributed by atoms with van der Waals surface area (Å²) in [5.41, 5.74) is 1.37. The lowest BCUT2D eigenvalue weighted by Gasteiger charge is -2.10. The number of rotatable bonds is 5. The molecule has 0 radical (unpaired) electrons. The maximum absolute atomic E-state index is 11.8. The molecule has 0 amide bonds. The Hall–Kier alpha value is -1.33. The summed E-state index contributed by atoms with van der Waals surface area (Å²) < 4.78 is 6.12. The summed E-state index contributed by atoms with van der Waals surface area (Å²) in [5, 5.41) is 5.31. The number of hydrogen-bond donors (Lipinski definition) is 1. The van der Waals surface area contributed by atoms with Gasteiger partial charge in [0.25, 0.3) is 0 Å². The number of hydrogen-bond acceptors (Lipinski definition) is 4. The van der Waals surface area contributed by atoms with Crippen LogP contribution < -0.4 is 5.32 Å². The van der Waals surface area contributed by atoms with E-state index < -0.39 is 0 Å². The van der Waals surface area contributed by atoms with Crippen molar-refractivity contribution >= 4 is 38.9 Å². The lowest BCUT2D eigenvalue weighted by molar-refractivity contribution is 0.0527. The fourth-order valence-electron chi connectivity index (χ4n) is 1.65. The van der Waals surface area contributed by atoms with Crippen molar-refractivity contribution in [3.05, 3.63) is 50.6 Å². The van der Waals surface area contributed by atoms with E-state index in [0.29, 0.717) is 18.7 Å². The minimum absolute atomic E-state index is 0.294. The standard InChI is InChI=1S/C14H14BrNO2S/c1-2-18-14(17)12-5-3-4-6-13(12)16-8-11-7-10(15)9-19-11/h3-7,9,16H,2,8H2,1H3. The van der Waals surface area contributed by atoms with Crippen molar-refractivity contribution in [3.8, 4) is 0 Å². The minimum Gasteiger partial charge on any atom is -0.462 e. The van der Waals surface area contributed by atoms with Crippen molar-refractivity contribution in [1.29, 1.82) is 0 Å².